The van der Waals surface area contributed by atoms with Crippen LogP contribution in [0.25, 0.3) is 11.4 Å². The smallest absolute Gasteiger partial charge is 0.295 e. The standard InChI is InChI=1S/C27H32N4O3/c1-5-29(6-2)15-11-17-31-23(20-13-8-7-9-14-20)21(25(33)27(31)34)24(32)22-19(4)30-16-10-12-18(3)26(30)28-22/h7-10,12-14,16,23,32H,5-6,11,15,17H2,1-4H3/b24-21+. The topological polar surface area (TPSA) is 78.2 Å². The Morgan fingerprint density at radius 2 is 1.76 bits per heavy atom. The van der Waals surface area contributed by atoms with Gasteiger partial charge in [-0.05, 0) is 57.1 Å². The number of carbonyl (C=O) groups is 2. The van der Waals surface area contributed by atoms with Crippen molar-refractivity contribution in [3.8, 4) is 0 Å². The van der Waals surface area contributed by atoms with Gasteiger partial charge in [-0.2, -0.15) is 0 Å². The fourth-order valence-electron chi connectivity index (χ4n) is 4.77. The maximum atomic E-state index is 13.3. The predicted molar refractivity (Wildman–Crippen MR) is 133 cm³/mol. The molecule has 178 valence electrons. The van der Waals surface area contributed by atoms with Crippen LogP contribution in [0.3, 0.4) is 0 Å². The van der Waals surface area contributed by atoms with Crippen LogP contribution < -0.4 is 0 Å². The number of ketones is 1. The Hall–Kier alpha value is -3.45. The molecule has 1 saturated heterocycles. The molecular formula is C27H32N4O3. The minimum Gasteiger partial charge on any atom is -0.505 e. The highest BCUT2D eigenvalue weighted by atomic mass is 16.3. The lowest BCUT2D eigenvalue weighted by atomic mass is 9.96. The summed E-state index contributed by atoms with van der Waals surface area (Å²) in [5.41, 5.74) is 3.62. The third-order valence-electron chi connectivity index (χ3n) is 6.73. The van der Waals surface area contributed by atoms with Crippen molar-refractivity contribution < 1.29 is 14.7 Å². The number of aryl methyl sites for hydroxylation is 2. The molecule has 34 heavy (non-hydrogen) atoms. The maximum absolute atomic E-state index is 13.3. The minimum absolute atomic E-state index is 0.100. The highest BCUT2D eigenvalue weighted by Gasteiger charge is 2.46. The lowest BCUT2D eigenvalue weighted by Gasteiger charge is -2.26. The largest absolute Gasteiger partial charge is 0.505 e. The Balaban J connectivity index is 1.80. The van der Waals surface area contributed by atoms with E-state index in [4.69, 9.17) is 0 Å². The quantitative estimate of drug-likeness (QED) is 0.311. The molecule has 1 amide bonds. The molecule has 1 unspecified atom stereocenters. The molecule has 7 heteroatoms. The van der Waals surface area contributed by atoms with E-state index in [9.17, 15) is 14.7 Å². The van der Waals surface area contributed by atoms with Crippen LogP contribution in [0.15, 0.2) is 54.2 Å². The van der Waals surface area contributed by atoms with E-state index >= 15 is 0 Å². The number of hydrogen-bond acceptors (Lipinski definition) is 5. The first-order valence-electron chi connectivity index (χ1n) is 11.9. The molecule has 2 aromatic heterocycles. The summed E-state index contributed by atoms with van der Waals surface area (Å²) in [6.45, 7) is 11.2. The molecule has 1 atom stereocenters. The number of aliphatic hydroxyl groups is 1. The number of aromatic nitrogens is 2. The van der Waals surface area contributed by atoms with E-state index in [-0.39, 0.29) is 11.3 Å². The molecule has 1 aliphatic heterocycles. The maximum Gasteiger partial charge on any atom is 0.295 e. The molecule has 3 aromatic rings. The molecule has 0 bridgehead atoms. The second-order valence-electron chi connectivity index (χ2n) is 8.71. The van der Waals surface area contributed by atoms with Gasteiger partial charge in [0.2, 0.25) is 0 Å². The number of imidazole rings is 1. The van der Waals surface area contributed by atoms with Crippen LogP contribution in [0.1, 0.15) is 48.8 Å². The highest BCUT2D eigenvalue weighted by molar-refractivity contribution is 6.46. The van der Waals surface area contributed by atoms with E-state index in [1.807, 2.05) is 66.9 Å². The van der Waals surface area contributed by atoms with Crippen LogP contribution in [-0.4, -0.2) is 62.2 Å². The van der Waals surface area contributed by atoms with Gasteiger partial charge in [0.25, 0.3) is 11.7 Å². The van der Waals surface area contributed by atoms with Crippen LogP contribution in [0, 0.1) is 13.8 Å². The zero-order valence-corrected chi connectivity index (χ0v) is 20.3. The molecule has 7 nitrogen and oxygen atoms in total. The van der Waals surface area contributed by atoms with Crippen molar-refractivity contribution in [2.45, 2.75) is 40.2 Å². The zero-order chi connectivity index (χ0) is 24.4. The van der Waals surface area contributed by atoms with E-state index in [2.05, 4.69) is 23.7 Å². The molecule has 0 saturated carbocycles. The van der Waals surface area contributed by atoms with Gasteiger partial charge in [0, 0.05) is 12.7 Å². The number of hydrogen-bond donors (Lipinski definition) is 1. The SMILES string of the molecule is CCN(CC)CCCN1C(=O)C(=O)/C(=C(/O)c2nc3c(C)cccn3c2C)C1c1ccccc1. The van der Waals surface area contributed by atoms with Crippen molar-refractivity contribution in [2.24, 2.45) is 0 Å². The van der Waals surface area contributed by atoms with Gasteiger partial charge in [-0.1, -0.05) is 50.2 Å². The second-order valence-corrected chi connectivity index (χ2v) is 8.71. The van der Waals surface area contributed by atoms with Crippen LogP contribution >= 0.6 is 0 Å². The van der Waals surface area contributed by atoms with Gasteiger partial charge in [0.15, 0.2) is 5.76 Å². The Morgan fingerprint density at radius 3 is 2.41 bits per heavy atom. The van der Waals surface area contributed by atoms with E-state index in [1.54, 1.807) is 4.90 Å². The first-order valence-corrected chi connectivity index (χ1v) is 11.9. The summed E-state index contributed by atoms with van der Waals surface area (Å²) in [7, 11) is 0. The number of likely N-dealkylation sites (tertiary alicyclic amines) is 1. The van der Waals surface area contributed by atoms with Gasteiger partial charge in [-0.25, -0.2) is 4.98 Å². The van der Waals surface area contributed by atoms with Crippen molar-refractivity contribution in [1.29, 1.82) is 0 Å². The van der Waals surface area contributed by atoms with E-state index in [0.29, 0.717) is 17.9 Å². The van der Waals surface area contributed by atoms with Crippen LogP contribution in [-0.2, 0) is 9.59 Å². The van der Waals surface area contributed by atoms with E-state index in [1.165, 1.54) is 0 Å². The number of carbonyl (C=O) groups excluding carboxylic acids is 2. The summed E-state index contributed by atoms with van der Waals surface area (Å²) in [5.74, 6) is -1.46. The molecule has 1 aliphatic rings. The number of Topliss-reactive ketones (excluding diaryl/α,β-unsaturated/α-hetero) is 1. The van der Waals surface area contributed by atoms with E-state index < -0.39 is 17.7 Å². The normalized spacial score (nSPS) is 17.9. The zero-order valence-electron chi connectivity index (χ0n) is 20.3. The summed E-state index contributed by atoms with van der Waals surface area (Å²) in [4.78, 5) is 34.9. The van der Waals surface area contributed by atoms with Crippen molar-refractivity contribution in [2.75, 3.05) is 26.2 Å². The van der Waals surface area contributed by atoms with Crippen molar-refractivity contribution in [3.63, 3.8) is 0 Å². The number of aliphatic hydroxyl groups excluding tert-OH is 1. The van der Waals surface area contributed by atoms with Gasteiger partial charge in [0.1, 0.15) is 11.3 Å². The number of benzene rings is 1. The van der Waals surface area contributed by atoms with Gasteiger partial charge in [-0.15, -0.1) is 0 Å². The average Bonchev–Trinajstić information content (AvgIpc) is 3.32. The molecule has 0 spiro atoms. The molecule has 1 fully saturated rings. The lowest BCUT2D eigenvalue weighted by Crippen LogP contribution is -2.33. The van der Waals surface area contributed by atoms with Gasteiger partial charge < -0.3 is 19.3 Å². The van der Waals surface area contributed by atoms with Gasteiger partial charge >= 0.3 is 0 Å². The number of pyridine rings is 1. The summed E-state index contributed by atoms with van der Waals surface area (Å²) < 4.78 is 1.89. The summed E-state index contributed by atoms with van der Waals surface area (Å²) in [6.07, 6.45) is 2.62. The van der Waals surface area contributed by atoms with Crippen LogP contribution in [0.2, 0.25) is 0 Å². The third kappa shape index (κ3) is 4.12. The molecule has 3 heterocycles. The highest BCUT2D eigenvalue weighted by Crippen LogP contribution is 2.39. The number of fused-ring (bicyclic) bond motifs is 1. The minimum atomic E-state index is -0.664. The first-order chi connectivity index (χ1) is 16.4. The molecule has 0 radical (unpaired) electrons. The Morgan fingerprint density at radius 1 is 1.06 bits per heavy atom. The summed E-state index contributed by atoms with van der Waals surface area (Å²) in [5, 5.41) is 11.4. The van der Waals surface area contributed by atoms with Crippen molar-refractivity contribution >= 4 is 23.1 Å². The van der Waals surface area contributed by atoms with Crippen LogP contribution in [0.4, 0.5) is 0 Å². The monoisotopic (exact) mass is 460 g/mol. The Bertz CT molecular complexity index is 1240. The number of rotatable bonds is 8. The summed E-state index contributed by atoms with van der Waals surface area (Å²) >= 11 is 0. The van der Waals surface area contributed by atoms with Crippen LogP contribution in [0.5, 0.6) is 0 Å². The second kappa shape index (κ2) is 9.81. The van der Waals surface area contributed by atoms with Crippen molar-refractivity contribution in [1.82, 2.24) is 19.2 Å². The molecule has 1 N–H and O–H groups in total. The summed E-state index contributed by atoms with van der Waals surface area (Å²) in [6, 6.07) is 12.7. The third-order valence-corrected chi connectivity index (χ3v) is 6.73. The Labute approximate surface area is 200 Å². The first kappa shape index (κ1) is 23.7. The average molecular weight is 461 g/mol. The molecule has 1 aromatic carbocycles. The lowest BCUT2D eigenvalue weighted by molar-refractivity contribution is -0.140. The predicted octanol–water partition coefficient (Wildman–Crippen LogP) is 4.10. The molecular weight excluding hydrogens is 428 g/mol. The molecule has 4 rings (SSSR count). The Kier molecular flexibility index (Phi) is 6.84. The van der Waals surface area contributed by atoms with Crippen molar-refractivity contribution in [3.05, 3.63) is 76.7 Å². The van der Waals surface area contributed by atoms with E-state index in [0.717, 1.165) is 42.9 Å². The van der Waals surface area contributed by atoms with Gasteiger partial charge in [0.05, 0.1) is 17.3 Å². The number of amides is 1. The fraction of sp³-hybridized carbons (Fsp3) is 0.370. The molecule has 0 aliphatic carbocycles. The fourth-order valence-corrected chi connectivity index (χ4v) is 4.77. The van der Waals surface area contributed by atoms with Gasteiger partial charge in [-0.3, -0.25) is 9.59 Å². The number of nitrogens with zero attached hydrogens (tertiary/aromatic N) is 4.